The summed E-state index contributed by atoms with van der Waals surface area (Å²) < 4.78 is 10.5. The molecule has 3 rings (SSSR count). The second-order valence-electron chi connectivity index (χ2n) is 7.64. The summed E-state index contributed by atoms with van der Waals surface area (Å²) in [7, 11) is 1.57. The Balaban J connectivity index is 1.57. The van der Waals surface area contributed by atoms with E-state index in [0.717, 1.165) is 71.5 Å². The lowest BCUT2D eigenvalue weighted by Crippen LogP contribution is -2.56. The smallest absolute Gasteiger partial charge is 0.248 e. The van der Waals surface area contributed by atoms with Gasteiger partial charge in [-0.25, -0.2) is 0 Å². The molecule has 0 unspecified atom stereocenters. The first kappa shape index (κ1) is 18.1. The number of methoxy groups -OCH3 is 1. The first-order valence-electron chi connectivity index (χ1n) is 9.38. The number of piperidine rings is 2. The van der Waals surface area contributed by atoms with Crippen LogP contribution in [0.1, 0.15) is 32.1 Å². The molecule has 3 aliphatic rings. The molecule has 0 aromatic heterocycles. The molecule has 0 aliphatic carbocycles. The van der Waals surface area contributed by atoms with Crippen LogP contribution in [0.3, 0.4) is 0 Å². The highest BCUT2D eigenvalue weighted by molar-refractivity contribution is 5.77. The Bertz CT molecular complexity index is 417. The molecule has 0 radical (unpaired) electrons. The molecule has 3 heterocycles. The third-order valence-electron chi connectivity index (χ3n) is 6.53. The van der Waals surface area contributed by atoms with Gasteiger partial charge in [0.05, 0.1) is 0 Å². The van der Waals surface area contributed by atoms with E-state index in [9.17, 15) is 9.90 Å². The summed E-state index contributed by atoms with van der Waals surface area (Å²) in [5.41, 5.74) is 0.209. The van der Waals surface area contributed by atoms with Crippen LogP contribution < -0.4 is 0 Å². The Hall–Kier alpha value is -0.690. The molecule has 0 aromatic rings. The SMILES string of the molecule is COCC(=O)N1CCC2(CC1)CCN(C1CCOCC1)C[C@@H]2CO. The number of nitrogens with zero attached hydrogens (tertiary/aromatic N) is 2. The van der Waals surface area contributed by atoms with Gasteiger partial charge < -0.3 is 19.5 Å². The number of ether oxygens (including phenoxy) is 2. The van der Waals surface area contributed by atoms with Crippen molar-refractivity contribution in [2.45, 2.75) is 38.1 Å². The molecular weight excluding hydrogens is 308 g/mol. The fraction of sp³-hybridized carbons (Fsp3) is 0.944. The number of aliphatic hydroxyl groups excluding tert-OH is 1. The summed E-state index contributed by atoms with van der Waals surface area (Å²) in [6, 6.07) is 0.619. The fourth-order valence-corrected chi connectivity index (χ4v) is 4.85. The number of amides is 1. The highest BCUT2D eigenvalue weighted by atomic mass is 16.5. The Morgan fingerprint density at radius 1 is 1.21 bits per heavy atom. The normalized spacial score (nSPS) is 29.1. The molecule has 1 atom stereocenters. The lowest BCUT2D eigenvalue weighted by atomic mass is 9.64. The second-order valence-corrected chi connectivity index (χ2v) is 7.64. The minimum atomic E-state index is 0.0903. The van der Waals surface area contributed by atoms with Gasteiger partial charge in [-0.05, 0) is 44.1 Å². The standard InChI is InChI=1S/C18H32N2O4/c1-23-14-17(22)19-7-4-18(5-8-19)6-9-20(12-15(18)13-21)16-2-10-24-11-3-16/h15-16,21H,2-14H2,1H3/t15-/m1/s1. The molecule has 3 aliphatic heterocycles. The van der Waals surface area contributed by atoms with E-state index in [2.05, 4.69) is 4.90 Å². The maximum Gasteiger partial charge on any atom is 0.248 e. The first-order chi connectivity index (χ1) is 11.7. The second kappa shape index (κ2) is 8.13. The van der Waals surface area contributed by atoms with Crippen molar-refractivity contribution < 1.29 is 19.4 Å². The lowest BCUT2D eigenvalue weighted by molar-refractivity contribution is -0.140. The van der Waals surface area contributed by atoms with E-state index in [4.69, 9.17) is 9.47 Å². The van der Waals surface area contributed by atoms with Gasteiger partial charge in [0.25, 0.3) is 0 Å². The van der Waals surface area contributed by atoms with E-state index >= 15 is 0 Å². The van der Waals surface area contributed by atoms with Crippen LogP contribution >= 0.6 is 0 Å². The zero-order chi connectivity index (χ0) is 17.0. The predicted octanol–water partition coefficient (Wildman–Crippen LogP) is 0.735. The van der Waals surface area contributed by atoms with Gasteiger partial charge in [-0.1, -0.05) is 0 Å². The Morgan fingerprint density at radius 3 is 2.50 bits per heavy atom. The van der Waals surface area contributed by atoms with E-state index in [0.29, 0.717) is 12.0 Å². The Labute approximate surface area is 145 Å². The number of hydrogen-bond donors (Lipinski definition) is 1. The van der Waals surface area contributed by atoms with Crippen molar-refractivity contribution in [2.24, 2.45) is 11.3 Å². The highest BCUT2D eigenvalue weighted by Crippen LogP contribution is 2.45. The zero-order valence-electron chi connectivity index (χ0n) is 14.9. The third kappa shape index (κ3) is 3.77. The zero-order valence-corrected chi connectivity index (χ0v) is 14.9. The Morgan fingerprint density at radius 2 is 1.88 bits per heavy atom. The van der Waals surface area contributed by atoms with Crippen LogP contribution in [0.2, 0.25) is 0 Å². The molecule has 6 heteroatoms. The van der Waals surface area contributed by atoms with Crippen LogP contribution in [0.25, 0.3) is 0 Å². The molecule has 0 bridgehead atoms. The quantitative estimate of drug-likeness (QED) is 0.818. The molecule has 1 spiro atoms. The van der Waals surface area contributed by atoms with Gasteiger partial charge in [0.1, 0.15) is 6.61 Å². The van der Waals surface area contributed by atoms with Gasteiger partial charge in [-0.3, -0.25) is 9.69 Å². The average molecular weight is 340 g/mol. The van der Waals surface area contributed by atoms with Crippen molar-refractivity contribution >= 4 is 5.91 Å². The van der Waals surface area contributed by atoms with Gasteiger partial charge in [0.15, 0.2) is 0 Å². The molecular formula is C18H32N2O4. The summed E-state index contributed by atoms with van der Waals surface area (Å²) in [4.78, 5) is 16.5. The van der Waals surface area contributed by atoms with E-state index < -0.39 is 0 Å². The lowest BCUT2D eigenvalue weighted by Gasteiger charge is -2.53. The topological polar surface area (TPSA) is 62.2 Å². The van der Waals surface area contributed by atoms with Gasteiger partial charge >= 0.3 is 0 Å². The minimum absolute atomic E-state index is 0.0903. The summed E-state index contributed by atoms with van der Waals surface area (Å²) in [5.74, 6) is 0.418. The number of hydrogen-bond acceptors (Lipinski definition) is 5. The fourth-order valence-electron chi connectivity index (χ4n) is 4.85. The van der Waals surface area contributed by atoms with E-state index in [1.165, 1.54) is 0 Å². The van der Waals surface area contributed by atoms with Gasteiger partial charge in [0.2, 0.25) is 5.91 Å². The van der Waals surface area contributed by atoms with E-state index in [1.54, 1.807) is 7.11 Å². The monoisotopic (exact) mass is 340 g/mol. The van der Waals surface area contributed by atoms with E-state index in [1.807, 2.05) is 4.90 Å². The van der Waals surface area contributed by atoms with Crippen molar-refractivity contribution in [1.29, 1.82) is 0 Å². The highest BCUT2D eigenvalue weighted by Gasteiger charge is 2.46. The maximum atomic E-state index is 12.0. The number of likely N-dealkylation sites (tertiary alicyclic amines) is 2. The first-order valence-corrected chi connectivity index (χ1v) is 9.38. The third-order valence-corrected chi connectivity index (χ3v) is 6.53. The molecule has 138 valence electrons. The van der Waals surface area contributed by atoms with Crippen molar-refractivity contribution in [2.75, 3.05) is 59.7 Å². The molecule has 24 heavy (non-hydrogen) atoms. The van der Waals surface area contributed by atoms with Gasteiger partial charge in [-0.15, -0.1) is 0 Å². The predicted molar refractivity (Wildman–Crippen MR) is 90.7 cm³/mol. The summed E-state index contributed by atoms with van der Waals surface area (Å²) in [6.07, 6.45) is 5.39. The minimum Gasteiger partial charge on any atom is -0.396 e. The number of aliphatic hydroxyl groups is 1. The molecule has 1 N–H and O–H groups in total. The van der Waals surface area contributed by atoms with Crippen LogP contribution in [0.5, 0.6) is 0 Å². The maximum absolute atomic E-state index is 12.0. The number of carbonyl (C=O) groups is 1. The van der Waals surface area contributed by atoms with Crippen molar-refractivity contribution in [3.63, 3.8) is 0 Å². The summed E-state index contributed by atoms with van der Waals surface area (Å²) in [6.45, 7) is 5.88. The largest absolute Gasteiger partial charge is 0.396 e. The molecule has 1 amide bonds. The average Bonchev–Trinajstić information content (AvgIpc) is 2.63. The van der Waals surface area contributed by atoms with Gasteiger partial charge in [0, 0.05) is 58.5 Å². The molecule has 0 saturated carbocycles. The molecule has 3 fully saturated rings. The molecule has 3 saturated heterocycles. The van der Waals surface area contributed by atoms with Crippen LogP contribution in [0, 0.1) is 11.3 Å². The van der Waals surface area contributed by atoms with Crippen LogP contribution in [0.4, 0.5) is 0 Å². The summed E-state index contributed by atoms with van der Waals surface area (Å²) >= 11 is 0. The van der Waals surface area contributed by atoms with Crippen LogP contribution in [0.15, 0.2) is 0 Å². The number of carbonyl (C=O) groups excluding carboxylic acids is 1. The van der Waals surface area contributed by atoms with Crippen LogP contribution in [-0.2, 0) is 14.3 Å². The molecule has 6 nitrogen and oxygen atoms in total. The van der Waals surface area contributed by atoms with Crippen molar-refractivity contribution in [1.82, 2.24) is 9.80 Å². The van der Waals surface area contributed by atoms with Gasteiger partial charge in [-0.2, -0.15) is 0 Å². The van der Waals surface area contributed by atoms with Crippen molar-refractivity contribution in [3.8, 4) is 0 Å². The van der Waals surface area contributed by atoms with E-state index in [-0.39, 0.29) is 24.5 Å². The number of rotatable bonds is 4. The van der Waals surface area contributed by atoms with Crippen molar-refractivity contribution in [3.05, 3.63) is 0 Å². The molecule has 0 aromatic carbocycles. The summed E-state index contributed by atoms with van der Waals surface area (Å²) in [5, 5.41) is 10.0. The van der Waals surface area contributed by atoms with Crippen LogP contribution in [-0.4, -0.2) is 86.6 Å². The Kier molecular flexibility index (Phi) is 6.13.